The van der Waals surface area contributed by atoms with Crippen LogP contribution in [0.1, 0.15) is 42.3 Å². The van der Waals surface area contributed by atoms with Crippen molar-refractivity contribution < 1.29 is 9.59 Å². The molecule has 2 heterocycles. The topological polar surface area (TPSA) is 77.6 Å². The summed E-state index contributed by atoms with van der Waals surface area (Å²) in [5.74, 6) is -0.393. The number of amides is 2. The van der Waals surface area contributed by atoms with Crippen LogP contribution in [0.15, 0.2) is 72.9 Å². The molecule has 1 saturated heterocycles. The second-order valence-corrected chi connectivity index (χ2v) is 11.7. The van der Waals surface area contributed by atoms with Gasteiger partial charge in [0.15, 0.2) is 0 Å². The van der Waals surface area contributed by atoms with E-state index in [9.17, 15) is 9.59 Å². The molecule has 1 aromatic heterocycles. The van der Waals surface area contributed by atoms with E-state index >= 15 is 0 Å². The van der Waals surface area contributed by atoms with Crippen molar-refractivity contribution in [3.8, 4) is 10.6 Å². The third-order valence-corrected chi connectivity index (χ3v) is 8.44. The Balaban J connectivity index is 1.16. The third-order valence-electron chi connectivity index (χ3n) is 7.39. The molecule has 0 atom stereocenters. The fourth-order valence-electron chi connectivity index (χ4n) is 4.72. The largest absolute Gasteiger partial charge is 0.347 e. The van der Waals surface area contributed by atoms with Gasteiger partial charge in [0, 0.05) is 59.1 Å². The van der Waals surface area contributed by atoms with E-state index in [-0.39, 0.29) is 11.8 Å². The molecule has 40 heavy (non-hydrogen) atoms. The van der Waals surface area contributed by atoms with Crippen molar-refractivity contribution in [1.29, 1.82) is 0 Å². The maximum Gasteiger partial charge on any atom is 0.255 e. The summed E-state index contributed by atoms with van der Waals surface area (Å²) in [6.45, 7) is 7.39. The lowest BCUT2D eigenvalue weighted by atomic mass is 10.1. The molecule has 0 radical (unpaired) electrons. The van der Waals surface area contributed by atoms with Crippen LogP contribution in [0.3, 0.4) is 0 Å². The highest BCUT2D eigenvalue weighted by Gasteiger charge is 2.27. The van der Waals surface area contributed by atoms with Gasteiger partial charge < -0.3 is 15.5 Å². The van der Waals surface area contributed by atoms with E-state index in [1.807, 2.05) is 44.3 Å². The van der Waals surface area contributed by atoms with Crippen LogP contribution in [0.2, 0.25) is 0 Å². The second-order valence-electron chi connectivity index (χ2n) is 10.6. The van der Waals surface area contributed by atoms with Crippen LogP contribution in [-0.4, -0.2) is 59.8 Å². The highest BCUT2D eigenvalue weighted by Crippen LogP contribution is 2.26. The number of nitrogens with one attached hydrogen (secondary N) is 2. The number of rotatable bonds is 9. The maximum absolute atomic E-state index is 12.9. The SMILES string of the molecule is Cc1ccc(C(=O)NCc2cnc(-c3ccc(CN4CC(N(C)C)C4)cc3)s2)cc1NC(=O)c1ccccc1C. The molecule has 0 unspecified atom stereocenters. The average Bonchev–Trinajstić information content (AvgIpc) is 3.40. The number of aryl methyl sites for hydroxylation is 2. The molecule has 1 aliphatic heterocycles. The number of likely N-dealkylation sites (tertiary alicyclic amines) is 1. The van der Waals surface area contributed by atoms with Gasteiger partial charge in [0.05, 0.1) is 6.54 Å². The van der Waals surface area contributed by atoms with Crippen LogP contribution in [-0.2, 0) is 13.1 Å². The smallest absolute Gasteiger partial charge is 0.255 e. The third kappa shape index (κ3) is 6.47. The first kappa shape index (κ1) is 27.7. The molecule has 0 spiro atoms. The summed E-state index contributed by atoms with van der Waals surface area (Å²) in [6, 6.07) is 22.0. The van der Waals surface area contributed by atoms with E-state index in [2.05, 4.69) is 63.8 Å². The molecule has 206 valence electrons. The molecular formula is C32H35N5O2S. The predicted octanol–water partition coefficient (Wildman–Crippen LogP) is 5.36. The Labute approximate surface area is 239 Å². The molecule has 8 heteroatoms. The van der Waals surface area contributed by atoms with Crippen molar-refractivity contribution in [3.05, 3.63) is 106 Å². The number of hydrogen-bond acceptors (Lipinski definition) is 6. The molecule has 7 nitrogen and oxygen atoms in total. The molecule has 0 saturated carbocycles. The first-order valence-electron chi connectivity index (χ1n) is 13.5. The van der Waals surface area contributed by atoms with Gasteiger partial charge in [-0.1, -0.05) is 48.5 Å². The summed E-state index contributed by atoms with van der Waals surface area (Å²) in [6.07, 6.45) is 1.82. The number of aromatic nitrogens is 1. The van der Waals surface area contributed by atoms with Gasteiger partial charge in [-0.2, -0.15) is 0 Å². The van der Waals surface area contributed by atoms with Crippen molar-refractivity contribution >= 4 is 28.8 Å². The van der Waals surface area contributed by atoms with Gasteiger partial charge in [-0.05, 0) is 62.8 Å². The zero-order valence-electron chi connectivity index (χ0n) is 23.4. The average molecular weight is 554 g/mol. The van der Waals surface area contributed by atoms with E-state index in [1.165, 1.54) is 5.56 Å². The molecule has 3 aromatic carbocycles. The standard InChI is InChI=1S/C32H35N5O2S/c1-21-7-5-6-8-28(21)31(39)35-29-15-25(12-9-22(29)2)30(38)33-16-27-17-34-32(40-27)24-13-10-23(11-14-24)18-37-19-26(20-37)36(3)4/h5-15,17,26H,16,18-20H2,1-4H3,(H,33,38)(H,35,39). The van der Waals surface area contributed by atoms with Crippen LogP contribution >= 0.6 is 11.3 Å². The molecule has 2 amide bonds. The van der Waals surface area contributed by atoms with Gasteiger partial charge in [-0.25, -0.2) is 4.98 Å². The number of carbonyl (C=O) groups is 2. The van der Waals surface area contributed by atoms with Crippen LogP contribution in [0.5, 0.6) is 0 Å². The lowest BCUT2D eigenvalue weighted by molar-refractivity contribution is 0.0574. The predicted molar refractivity (Wildman–Crippen MR) is 162 cm³/mol. The normalized spacial score (nSPS) is 13.7. The number of nitrogens with zero attached hydrogens (tertiary/aromatic N) is 3. The summed E-state index contributed by atoms with van der Waals surface area (Å²) < 4.78 is 0. The van der Waals surface area contributed by atoms with E-state index in [0.29, 0.717) is 29.4 Å². The summed E-state index contributed by atoms with van der Waals surface area (Å²) in [7, 11) is 4.27. The Bertz CT molecular complexity index is 1510. The quantitative estimate of drug-likeness (QED) is 0.292. The first-order valence-corrected chi connectivity index (χ1v) is 14.3. The van der Waals surface area contributed by atoms with Crippen LogP contribution in [0.4, 0.5) is 5.69 Å². The Morgan fingerprint density at radius 1 is 0.975 bits per heavy atom. The number of anilines is 1. The van der Waals surface area contributed by atoms with Gasteiger partial charge >= 0.3 is 0 Å². The second kappa shape index (κ2) is 12.1. The highest BCUT2D eigenvalue weighted by atomic mass is 32.1. The van der Waals surface area contributed by atoms with Gasteiger partial charge in [-0.15, -0.1) is 11.3 Å². The Morgan fingerprint density at radius 2 is 1.73 bits per heavy atom. The minimum Gasteiger partial charge on any atom is -0.347 e. The fourth-order valence-corrected chi connectivity index (χ4v) is 5.57. The van der Waals surface area contributed by atoms with Gasteiger partial charge in [0.25, 0.3) is 11.8 Å². The maximum atomic E-state index is 12.9. The molecule has 0 aliphatic carbocycles. The number of hydrogen-bond donors (Lipinski definition) is 2. The summed E-state index contributed by atoms with van der Waals surface area (Å²) in [4.78, 5) is 36.0. The minimum absolute atomic E-state index is 0.192. The number of carbonyl (C=O) groups excluding carboxylic acids is 2. The monoisotopic (exact) mass is 553 g/mol. The fraction of sp³-hybridized carbons (Fsp3) is 0.281. The van der Waals surface area contributed by atoms with E-state index in [1.54, 1.807) is 29.5 Å². The highest BCUT2D eigenvalue weighted by molar-refractivity contribution is 7.15. The molecule has 0 bridgehead atoms. The van der Waals surface area contributed by atoms with E-state index in [4.69, 9.17) is 0 Å². The molecule has 1 fully saturated rings. The van der Waals surface area contributed by atoms with Crippen LogP contribution < -0.4 is 10.6 Å². The summed E-state index contributed by atoms with van der Waals surface area (Å²) >= 11 is 1.58. The van der Waals surface area contributed by atoms with Crippen molar-refractivity contribution in [2.24, 2.45) is 0 Å². The minimum atomic E-state index is -0.201. The number of benzene rings is 3. The Morgan fingerprint density at radius 3 is 2.45 bits per heavy atom. The molecule has 5 rings (SSSR count). The first-order chi connectivity index (χ1) is 19.3. The number of likely N-dealkylation sites (N-methyl/N-ethyl adjacent to an activating group) is 1. The van der Waals surface area contributed by atoms with Crippen molar-refractivity contribution in [3.63, 3.8) is 0 Å². The zero-order chi connectivity index (χ0) is 28.2. The van der Waals surface area contributed by atoms with Gasteiger partial charge in [0.1, 0.15) is 5.01 Å². The van der Waals surface area contributed by atoms with Crippen LogP contribution in [0, 0.1) is 13.8 Å². The summed E-state index contributed by atoms with van der Waals surface area (Å²) in [5, 5.41) is 6.87. The molecule has 4 aromatic rings. The van der Waals surface area contributed by atoms with E-state index in [0.717, 1.165) is 46.2 Å². The van der Waals surface area contributed by atoms with Gasteiger partial charge in [0.2, 0.25) is 0 Å². The van der Waals surface area contributed by atoms with E-state index < -0.39 is 0 Å². The summed E-state index contributed by atoms with van der Waals surface area (Å²) in [5.41, 5.74) is 5.89. The van der Waals surface area contributed by atoms with Crippen molar-refractivity contribution in [2.75, 3.05) is 32.5 Å². The Hall–Kier alpha value is -3.85. The van der Waals surface area contributed by atoms with Crippen molar-refractivity contribution in [1.82, 2.24) is 20.1 Å². The molecule has 2 N–H and O–H groups in total. The molecular weight excluding hydrogens is 518 g/mol. The van der Waals surface area contributed by atoms with Crippen molar-refractivity contribution in [2.45, 2.75) is 33.0 Å². The lowest BCUT2D eigenvalue weighted by Crippen LogP contribution is -2.56. The Kier molecular flexibility index (Phi) is 8.40. The van der Waals surface area contributed by atoms with Gasteiger partial charge in [-0.3, -0.25) is 14.5 Å². The lowest BCUT2D eigenvalue weighted by Gasteiger charge is -2.42. The number of thiazole rings is 1. The zero-order valence-corrected chi connectivity index (χ0v) is 24.2. The van der Waals surface area contributed by atoms with Crippen LogP contribution in [0.25, 0.3) is 10.6 Å². The molecule has 1 aliphatic rings.